The first-order valence-electron chi connectivity index (χ1n) is 9.53. The number of alkyl halides is 3. The van der Waals surface area contributed by atoms with Crippen molar-refractivity contribution in [2.75, 3.05) is 0 Å². The molecule has 3 aromatic carbocycles. The fraction of sp³-hybridized carbons (Fsp3) is 0.0833. The molecule has 5 nitrogen and oxygen atoms in total. The first-order valence-corrected chi connectivity index (χ1v) is 9.53. The second-order valence-corrected chi connectivity index (χ2v) is 7.03. The molecule has 0 bridgehead atoms. The molecule has 4 aromatic rings. The van der Waals surface area contributed by atoms with Crippen LogP contribution in [0.1, 0.15) is 21.7 Å². The molecule has 0 fully saturated rings. The van der Waals surface area contributed by atoms with Crippen LogP contribution in [-0.2, 0) is 6.18 Å². The summed E-state index contributed by atoms with van der Waals surface area (Å²) >= 11 is 0. The maximum Gasteiger partial charge on any atom is 0.453 e. The fourth-order valence-corrected chi connectivity index (χ4v) is 3.08. The molecule has 0 saturated carbocycles. The molecule has 0 aliphatic rings. The number of ether oxygens (including phenoxy) is 2. The van der Waals surface area contributed by atoms with Gasteiger partial charge in [-0.2, -0.15) is 13.2 Å². The zero-order chi connectivity index (χ0) is 23.8. The van der Waals surface area contributed by atoms with Crippen LogP contribution >= 0.6 is 0 Å². The molecule has 1 aromatic heterocycles. The van der Waals surface area contributed by atoms with Crippen molar-refractivity contribution < 1.29 is 36.2 Å². The van der Waals surface area contributed by atoms with Crippen LogP contribution in [0, 0.1) is 12.7 Å². The van der Waals surface area contributed by atoms with E-state index in [4.69, 9.17) is 13.9 Å². The lowest BCUT2D eigenvalue weighted by Crippen LogP contribution is -2.16. The predicted octanol–water partition coefficient (Wildman–Crippen LogP) is 6.27. The molecule has 0 aliphatic heterocycles. The van der Waals surface area contributed by atoms with Gasteiger partial charge >= 0.3 is 12.1 Å². The minimum atomic E-state index is -5.05. The number of aryl methyl sites for hydroxylation is 1. The lowest BCUT2D eigenvalue weighted by Gasteiger charge is -2.14. The Bertz CT molecular complexity index is 1420. The van der Waals surface area contributed by atoms with Crippen LogP contribution in [0.5, 0.6) is 17.2 Å². The van der Waals surface area contributed by atoms with Crippen molar-refractivity contribution in [1.82, 2.24) is 0 Å². The molecule has 0 aliphatic carbocycles. The Hall–Kier alpha value is -4.14. The van der Waals surface area contributed by atoms with E-state index in [1.165, 1.54) is 36.4 Å². The Kier molecular flexibility index (Phi) is 5.63. The van der Waals surface area contributed by atoms with E-state index in [-0.39, 0.29) is 22.4 Å². The lowest BCUT2D eigenvalue weighted by atomic mass is 10.2. The minimum Gasteiger partial charge on any atom is -0.449 e. The van der Waals surface area contributed by atoms with E-state index in [9.17, 15) is 27.2 Å². The summed E-state index contributed by atoms with van der Waals surface area (Å²) in [6, 6.07) is 14.5. The van der Waals surface area contributed by atoms with Crippen LogP contribution < -0.4 is 14.9 Å². The highest BCUT2D eigenvalue weighted by molar-refractivity contribution is 5.92. The molecule has 9 heteroatoms. The number of benzene rings is 3. The largest absolute Gasteiger partial charge is 0.453 e. The summed E-state index contributed by atoms with van der Waals surface area (Å²) in [5.41, 5.74) is -1.19. The molecule has 0 spiro atoms. The summed E-state index contributed by atoms with van der Waals surface area (Å²) in [6.07, 6.45) is -5.05. The Morgan fingerprint density at radius 1 is 0.939 bits per heavy atom. The quantitative estimate of drug-likeness (QED) is 0.205. The molecule has 0 atom stereocenters. The van der Waals surface area contributed by atoms with E-state index in [2.05, 4.69) is 0 Å². The third-order valence-electron chi connectivity index (χ3n) is 4.59. The number of hydrogen-bond acceptors (Lipinski definition) is 5. The monoisotopic (exact) mass is 458 g/mol. The number of carbonyl (C=O) groups is 1. The maximum atomic E-state index is 13.8. The van der Waals surface area contributed by atoms with Gasteiger partial charge in [0.2, 0.25) is 11.2 Å². The summed E-state index contributed by atoms with van der Waals surface area (Å²) in [4.78, 5) is 25.0. The van der Waals surface area contributed by atoms with E-state index >= 15 is 0 Å². The van der Waals surface area contributed by atoms with Gasteiger partial charge in [0.25, 0.3) is 5.76 Å². The van der Waals surface area contributed by atoms with Crippen molar-refractivity contribution in [3.05, 3.63) is 99.7 Å². The highest BCUT2D eigenvalue weighted by Gasteiger charge is 2.40. The smallest absolute Gasteiger partial charge is 0.449 e. The number of rotatable bonds is 4. The van der Waals surface area contributed by atoms with Gasteiger partial charge in [0.05, 0.1) is 10.9 Å². The highest BCUT2D eigenvalue weighted by atomic mass is 19.4. The summed E-state index contributed by atoms with van der Waals surface area (Å²) in [7, 11) is 0. The van der Waals surface area contributed by atoms with Gasteiger partial charge in [-0.25, -0.2) is 9.18 Å². The van der Waals surface area contributed by atoms with E-state index in [0.29, 0.717) is 5.56 Å². The van der Waals surface area contributed by atoms with Crippen LogP contribution in [0.3, 0.4) is 0 Å². The second kappa shape index (κ2) is 8.42. The molecule has 33 heavy (non-hydrogen) atoms. The van der Waals surface area contributed by atoms with Crippen molar-refractivity contribution in [2.45, 2.75) is 13.1 Å². The summed E-state index contributed by atoms with van der Waals surface area (Å²) in [5.74, 6) is -4.75. The van der Waals surface area contributed by atoms with Gasteiger partial charge in [-0.3, -0.25) is 4.79 Å². The Morgan fingerprint density at radius 3 is 2.39 bits per heavy atom. The summed E-state index contributed by atoms with van der Waals surface area (Å²) < 4.78 is 70.1. The number of esters is 1. The zero-order valence-corrected chi connectivity index (χ0v) is 16.9. The van der Waals surface area contributed by atoms with Crippen molar-refractivity contribution in [1.29, 1.82) is 0 Å². The van der Waals surface area contributed by atoms with E-state index in [0.717, 1.165) is 18.2 Å². The van der Waals surface area contributed by atoms with E-state index in [1.807, 2.05) is 0 Å². The molecule has 0 amide bonds. The van der Waals surface area contributed by atoms with Crippen LogP contribution in [0.25, 0.3) is 11.0 Å². The van der Waals surface area contributed by atoms with Crippen LogP contribution in [0.4, 0.5) is 17.6 Å². The van der Waals surface area contributed by atoms with Gasteiger partial charge < -0.3 is 13.9 Å². The standard InChI is InChI=1S/C24H14F4O5/c1-13-5-4-6-14(11-13)31-21-20(29)17-10-9-15(12-19(17)33-22(21)24(26,27)28)32-23(30)16-7-2-3-8-18(16)25/h2-12H,1H3. The van der Waals surface area contributed by atoms with Gasteiger partial charge in [0.15, 0.2) is 0 Å². The Labute approximate surface area is 183 Å². The maximum absolute atomic E-state index is 13.8. The number of halogens is 4. The van der Waals surface area contributed by atoms with Crippen LogP contribution in [0.15, 0.2) is 75.9 Å². The summed E-state index contributed by atoms with van der Waals surface area (Å²) in [6.45, 7) is 1.71. The number of carbonyl (C=O) groups excluding carboxylic acids is 1. The minimum absolute atomic E-state index is 0.0302. The number of fused-ring (bicyclic) bond motifs is 1. The first-order chi connectivity index (χ1) is 15.6. The molecule has 4 rings (SSSR count). The first kappa shape index (κ1) is 22.1. The van der Waals surface area contributed by atoms with E-state index in [1.54, 1.807) is 19.1 Å². The van der Waals surface area contributed by atoms with Crippen molar-refractivity contribution >= 4 is 16.9 Å². The zero-order valence-electron chi connectivity index (χ0n) is 16.9. The van der Waals surface area contributed by atoms with Crippen LogP contribution in [0.2, 0.25) is 0 Å². The van der Waals surface area contributed by atoms with Crippen molar-refractivity contribution in [3.63, 3.8) is 0 Å². The number of hydrogen-bond donors (Lipinski definition) is 0. The van der Waals surface area contributed by atoms with E-state index < -0.39 is 40.5 Å². The molecule has 0 radical (unpaired) electrons. The van der Waals surface area contributed by atoms with Gasteiger partial charge in [-0.05, 0) is 48.9 Å². The Morgan fingerprint density at radius 2 is 1.70 bits per heavy atom. The SMILES string of the molecule is Cc1cccc(Oc2c(C(F)(F)F)oc3cc(OC(=O)c4ccccc4F)ccc3c2=O)c1. The molecule has 1 heterocycles. The normalized spacial score (nSPS) is 11.4. The molecule has 0 unspecified atom stereocenters. The topological polar surface area (TPSA) is 65.7 Å². The molecular formula is C24H14F4O5. The molecule has 0 saturated heterocycles. The predicted molar refractivity (Wildman–Crippen MR) is 110 cm³/mol. The third-order valence-corrected chi connectivity index (χ3v) is 4.59. The average molecular weight is 458 g/mol. The van der Waals surface area contributed by atoms with Crippen molar-refractivity contribution in [2.24, 2.45) is 0 Å². The third kappa shape index (κ3) is 4.57. The van der Waals surface area contributed by atoms with Crippen molar-refractivity contribution in [3.8, 4) is 17.2 Å². The van der Waals surface area contributed by atoms with Crippen LogP contribution in [-0.4, -0.2) is 5.97 Å². The molecule has 0 N–H and O–H groups in total. The van der Waals surface area contributed by atoms with Gasteiger partial charge in [0.1, 0.15) is 22.9 Å². The molecular weight excluding hydrogens is 444 g/mol. The average Bonchev–Trinajstić information content (AvgIpc) is 2.75. The Balaban J connectivity index is 1.77. The van der Waals surface area contributed by atoms with Gasteiger partial charge in [-0.15, -0.1) is 0 Å². The fourth-order valence-electron chi connectivity index (χ4n) is 3.08. The second-order valence-electron chi connectivity index (χ2n) is 7.03. The van der Waals surface area contributed by atoms with Gasteiger partial charge in [-0.1, -0.05) is 24.3 Å². The molecule has 168 valence electrons. The summed E-state index contributed by atoms with van der Waals surface area (Å²) in [5, 5.41) is -0.226. The highest BCUT2D eigenvalue weighted by Crippen LogP contribution is 2.38. The van der Waals surface area contributed by atoms with Gasteiger partial charge in [0, 0.05) is 6.07 Å². The lowest BCUT2D eigenvalue weighted by molar-refractivity contribution is -0.154.